The van der Waals surface area contributed by atoms with Gasteiger partial charge in [-0.1, -0.05) is 6.92 Å². The first-order valence-electron chi connectivity index (χ1n) is 8.12. The second kappa shape index (κ2) is 6.38. The number of methoxy groups -OCH3 is 1. The summed E-state index contributed by atoms with van der Waals surface area (Å²) in [4.78, 5) is 10.9. The van der Waals surface area contributed by atoms with Crippen molar-refractivity contribution >= 4 is 5.95 Å². The van der Waals surface area contributed by atoms with Gasteiger partial charge in [0.2, 0.25) is 11.8 Å². The highest BCUT2D eigenvalue weighted by molar-refractivity contribution is 5.33. The van der Waals surface area contributed by atoms with Crippen LogP contribution < -0.4 is 9.64 Å². The zero-order valence-electron chi connectivity index (χ0n) is 13.4. The Morgan fingerprint density at radius 3 is 2.91 bits per heavy atom. The number of aliphatic hydroxyl groups is 1. The number of rotatable bonds is 3. The number of piperidine rings is 1. The van der Waals surface area contributed by atoms with Crippen molar-refractivity contribution in [1.29, 1.82) is 0 Å². The molecule has 22 heavy (non-hydrogen) atoms. The van der Waals surface area contributed by atoms with Crippen LogP contribution in [0.15, 0.2) is 12.3 Å². The molecule has 2 atom stereocenters. The molecule has 2 fully saturated rings. The van der Waals surface area contributed by atoms with E-state index in [1.807, 2.05) is 0 Å². The first-order valence-corrected chi connectivity index (χ1v) is 8.12. The third-order valence-corrected chi connectivity index (χ3v) is 4.80. The van der Waals surface area contributed by atoms with E-state index >= 15 is 0 Å². The molecular weight excluding hydrogens is 282 g/mol. The minimum absolute atomic E-state index is 0.173. The van der Waals surface area contributed by atoms with Gasteiger partial charge in [0, 0.05) is 31.8 Å². The molecule has 0 amide bonds. The van der Waals surface area contributed by atoms with E-state index in [9.17, 15) is 5.11 Å². The van der Waals surface area contributed by atoms with Gasteiger partial charge >= 0.3 is 0 Å². The zero-order valence-corrected chi connectivity index (χ0v) is 13.4. The van der Waals surface area contributed by atoms with Crippen molar-refractivity contribution in [3.63, 3.8) is 0 Å². The largest absolute Gasteiger partial charge is 0.481 e. The van der Waals surface area contributed by atoms with Gasteiger partial charge in [-0.05, 0) is 25.7 Å². The van der Waals surface area contributed by atoms with Gasteiger partial charge in [0.1, 0.15) is 0 Å². The molecular formula is C16H25N3O3. The summed E-state index contributed by atoms with van der Waals surface area (Å²) < 4.78 is 11.5. The number of ether oxygens (including phenoxy) is 2. The molecule has 0 radical (unpaired) electrons. The van der Waals surface area contributed by atoms with Crippen molar-refractivity contribution in [1.82, 2.24) is 9.97 Å². The summed E-state index contributed by atoms with van der Waals surface area (Å²) in [5.74, 6) is 1.29. The van der Waals surface area contributed by atoms with Crippen LogP contribution in [-0.2, 0) is 4.74 Å². The van der Waals surface area contributed by atoms with Gasteiger partial charge in [-0.2, -0.15) is 4.98 Å². The Hall–Kier alpha value is -1.40. The molecule has 2 aliphatic rings. The molecule has 6 heteroatoms. The number of aliphatic hydroxyl groups excluding tert-OH is 1. The monoisotopic (exact) mass is 307 g/mol. The van der Waals surface area contributed by atoms with Crippen LogP contribution in [0.3, 0.4) is 0 Å². The van der Waals surface area contributed by atoms with E-state index in [0.717, 1.165) is 45.2 Å². The van der Waals surface area contributed by atoms with Crippen molar-refractivity contribution in [3.05, 3.63) is 12.3 Å². The molecule has 3 rings (SSSR count). The maximum atomic E-state index is 10.1. The molecule has 0 unspecified atom stereocenters. The summed E-state index contributed by atoms with van der Waals surface area (Å²) in [5, 5.41) is 10.1. The van der Waals surface area contributed by atoms with Gasteiger partial charge in [0.05, 0.1) is 24.9 Å². The van der Waals surface area contributed by atoms with E-state index in [1.165, 1.54) is 0 Å². The van der Waals surface area contributed by atoms with E-state index in [2.05, 4.69) is 21.8 Å². The third kappa shape index (κ3) is 3.17. The van der Waals surface area contributed by atoms with Crippen molar-refractivity contribution < 1.29 is 14.6 Å². The Balaban J connectivity index is 1.66. The number of hydrogen-bond acceptors (Lipinski definition) is 6. The fraction of sp³-hybridized carbons (Fsp3) is 0.750. The van der Waals surface area contributed by atoms with Crippen LogP contribution in [0.2, 0.25) is 0 Å². The summed E-state index contributed by atoms with van der Waals surface area (Å²) in [6.07, 6.45) is 5.95. The van der Waals surface area contributed by atoms with Crippen molar-refractivity contribution in [2.75, 3.05) is 25.1 Å². The minimum atomic E-state index is -0.238. The molecule has 0 saturated carbocycles. The number of anilines is 1. The Labute approximate surface area is 131 Å². The highest BCUT2D eigenvalue weighted by atomic mass is 16.5. The maximum Gasteiger partial charge on any atom is 0.228 e. The molecule has 0 aromatic carbocycles. The Bertz CT molecular complexity index is 503. The lowest BCUT2D eigenvalue weighted by atomic mass is 9.81. The molecule has 1 spiro atoms. The van der Waals surface area contributed by atoms with Gasteiger partial charge < -0.3 is 19.5 Å². The third-order valence-electron chi connectivity index (χ3n) is 4.80. The van der Waals surface area contributed by atoms with Crippen LogP contribution in [-0.4, -0.2) is 53.1 Å². The second-order valence-electron chi connectivity index (χ2n) is 6.31. The molecule has 3 heterocycles. The summed E-state index contributed by atoms with van der Waals surface area (Å²) in [6.45, 7) is 3.81. The number of nitrogens with zero attached hydrogens (tertiary/aromatic N) is 3. The predicted octanol–water partition coefficient (Wildman–Crippen LogP) is 1.77. The summed E-state index contributed by atoms with van der Waals surface area (Å²) in [5.41, 5.74) is -0.173. The predicted molar refractivity (Wildman–Crippen MR) is 83.2 cm³/mol. The van der Waals surface area contributed by atoms with Crippen LogP contribution in [0.1, 0.15) is 39.0 Å². The van der Waals surface area contributed by atoms with Crippen LogP contribution in [0.4, 0.5) is 5.95 Å². The van der Waals surface area contributed by atoms with E-state index < -0.39 is 0 Å². The summed E-state index contributed by atoms with van der Waals surface area (Å²) >= 11 is 0. The Morgan fingerprint density at radius 1 is 1.45 bits per heavy atom. The fourth-order valence-electron chi connectivity index (χ4n) is 3.55. The van der Waals surface area contributed by atoms with Crippen molar-refractivity contribution in [2.45, 2.75) is 56.8 Å². The maximum absolute atomic E-state index is 10.1. The standard InChI is InChI=1S/C16H25N3O3/c1-3-13-10-12(20)11-16(22-13)5-8-19(9-6-16)15-17-7-4-14(18-15)21-2/h4,7,12-13,20H,3,5-6,8-11H2,1-2H3/t12-,13+/m1/s1. The molecule has 6 nitrogen and oxygen atoms in total. The van der Waals surface area contributed by atoms with E-state index in [-0.39, 0.29) is 17.8 Å². The Kier molecular flexibility index (Phi) is 4.49. The number of aromatic nitrogens is 2. The minimum Gasteiger partial charge on any atom is -0.481 e. The van der Waals surface area contributed by atoms with Crippen molar-refractivity contribution in [2.24, 2.45) is 0 Å². The lowest BCUT2D eigenvalue weighted by molar-refractivity contribution is -0.171. The molecule has 1 N–H and O–H groups in total. The first kappa shape index (κ1) is 15.5. The molecule has 1 aromatic heterocycles. The zero-order chi connectivity index (χ0) is 15.6. The first-order chi connectivity index (χ1) is 10.6. The summed E-state index contributed by atoms with van der Waals surface area (Å²) in [7, 11) is 1.61. The SMILES string of the molecule is CC[C@H]1C[C@@H](O)CC2(CCN(c3nccc(OC)n3)CC2)O1. The van der Waals surface area contributed by atoms with Gasteiger partial charge in [0.15, 0.2) is 0 Å². The van der Waals surface area contributed by atoms with E-state index in [0.29, 0.717) is 11.8 Å². The Morgan fingerprint density at radius 2 is 2.23 bits per heavy atom. The van der Waals surface area contributed by atoms with Crippen LogP contribution in [0.25, 0.3) is 0 Å². The van der Waals surface area contributed by atoms with E-state index in [4.69, 9.17) is 9.47 Å². The molecule has 0 aliphatic carbocycles. The van der Waals surface area contributed by atoms with E-state index in [1.54, 1.807) is 19.4 Å². The van der Waals surface area contributed by atoms with Crippen LogP contribution in [0, 0.1) is 0 Å². The average molecular weight is 307 g/mol. The van der Waals surface area contributed by atoms with Crippen molar-refractivity contribution in [3.8, 4) is 5.88 Å². The molecule has 2 saturated heterocycles. The quantitative estimate of drug-likeness (QED) is 0.918. The summed E-state index contributed by atoms with van der Waals surface area (Å²) in [6, 6.07) is 1.75. The van der Waals surface area contributed by atoms with Crippen LogP contribution in [0.5, 0.6) is 5.88 Å². The van der Waals surface area contributed by atoms with Gasteiger partial charge in [-0.25, -0.2) is 4.98 Å². The lowest BCUT2D eigenvalue weighted by Gasteiger charge is -2.47. The number of hydrogen-bond donors (Lipinski definition) is 1. The topological polar surface area (TPSA) is 67.7 Å². The second-order valence-corrected chi connectivity index (χ2v) is 6.31. The van der Waals surface area contributed by atoms with Gasteiger partial charge in [-0.3, -0.25) is 0 Å². The highest BCUT2D eigenvalue weighted by Crippen LogP contribution is 2.38. The van der Waals surface area contributed by atoms with Crippen LogP contribution >= 0.6 is 0 Å². The normalized spacial score (nSPS) is 27.9. The fourth-order valence-corrected chi connectivity index (χ4v) is 3.55. The van der Waals surface area contributed by atoms with Gasteiger partial charge in [-0.15, -0.1) is 0 Å². The molecule has 1 aromatic rings. The van der Waals surface area contributed by atoms with Gasteiger partial charge in [0.25, 0.3) is 0 Å². The molecule has 122 valence electrons. The average Bonchev–Trinajstić information content (AvgIpc) is 2.55. The molecule has 0 bridgehead atoms. The smallest absolute Gasteiger partial charge is 0.228 e. The lowest BCUT2D eigenvalue weighted by Crippen LogP contribution is -2.53. The highest BCUT2D eigenvalue weighted by Gasteiger charge is 2.43. The molecule has 2 aliphatic heterocycles.